The predicted octanol–water partition coefficient (Wildman–Crippen LogP) is 4.35. The van der Waals surface area contributed by atoms with Crippen molar-refractivity contribution in [3.8, 4) is 11.8 Å². The SMILES string of the molecule is CC(NC(=O)COc1ccc(C#N)cc1Cl)c1ccc2c(c1)CCCC2. The van der Waals surface area contributed by atoms with Crippen LogP contribution in [0.15, 0.2) is 36.4 Å². The maximum Gasteiger partial charge on any atom is 0.258 e. The first-order valence-electron chi connectivity index (χ1n) is 8.80. The molecule has 3 rings (SSSR count). The van der Waals surface area contributed by atoms with Gasteiger partial charge in [0.25, 0.3) is 5.91 Å². The molecule has 1 aliphatic carbocycles. The summed E-state index contributed by atoms with van der Waals surface area (Å²) < 4.78 is 5.47. The smallest absolute Gasteiger partial charge is 0.258 e. The molecule has 26 heavy (non-hydrogen) atoms. The summed E-state index contributed by atoms with van der Waals surface area (Å²) in [6.45, 7) is 1.85. The number of fused-ring (bicyclic) bond motifs is 1. The van der Waals surface area contributed by atoms with E-state index in [2.05, 4.69) is 23.5 Å². The molecule has 2 aromatic carbocycles. The second-order valence-electron chi connectivity index (χ2n) is 6.57. The minimum atomic E-state index is -0.212. The van der Waals surface area contributed by atoms with Crippen molar-refractivity contribution in [3.63, 3.8) is 0 Å². The Labute approximate surface area is 158 Å². The number of rotatable bonds is 5. The number of carbonyl (C=O) groups is 1. The Morgan fingerprint density at radius 2 is 2.00 bits per heavy atom. The van der Waals surface area contributed by atoms with E-state index >= 15 is 0 Å². The van der Waals surface area contributed by atoms with E-state index in [9.17, 15) is 4.79 Å². The van der Waals surface area contributed by atoms with Gasteiger partial charge in [-0.2, -0.15) is 5.26 Å². The van der Waals surface area contributed by atoms with Gasteiger partial charge in [-0.3, -0.25) is 4.79 Å². The van der Waals surface area contributed by atoms with Crippen LogP contribution in [0.25, 0.3) is 0 Å². The minimum absolute atomic E-state index is 0.0882. The predicted molar refractivity (Wildman–Crippen MR) is 101 cm³/mol. The monoisotopic (exact) mass is 368 g/mol. The number of ether oxygens (including phenoxy) is 1. The highest BCUT2D eigenvalue weighted by Crippen LogP contribution is 2.26. The molecule has 1 atom stereocenters. The van der Waals surface area contributed by atoms with Gasteiger partial charge in [-0.1, -0.05) is 29.8 Å². The zero-order valence-corrected chi connectivity index (χ0v) is 15.5. The fourth-order valence-corrected chi connectivity index (χ4v) is 3.46. The topological polar surface area (TPSA) is 62.1 Å². The average Bonchev–Trinajstić information content (AvgIpc) is 2.66. The standard InChI is InChI=1S/C21H21ClN2O2/c1-14(17-8-7-16-4-2-3-5-18(16)11-17)24-21(25)13-26-20-9-6-15(12-23)10-19(20)22/h6-11,14H,2-5,13H2,1H3,(H,24,25). The number of nitriles is 1. The third-order valence-electron chi connectivity index (χ3n) is 4.67. The summed E-state index contributed by atoms with van der Waals surface area (Å²) in [6, 6.07) is 13.1. The van der Waals surface area contributed by atoms with Crippen molar-refractivity contribution in [2.75, 3.05) is 6.61 Å². The number of nitrogens with one attached hydrogen (secondary N) is 1. The van der Waals surface area contributed by atoms with Gasteiger partial charge in [-0.15, -0.1) is 0 Å². The lowest BCUT2D eigenvalue weighted by atomic mass is 9.89. The molecule has 0 spiro atoms. The molecule has 0 saturated carbocycles. The molecule has 0 aliphatic heterocycles. The normalized spacial score (nSPS) is 14.0. The summed E-state index contributed by atoms with van der Waals surface area (Å²) in [4.78, 5) is 12.2. The van der Waals surface area contributed by atoms with E-state index in [1.165, 1.54) is 30.0 Å². The Balaban J connectivity index is 1.57. The van der Waals surface area contributed by atoms with Crippen molar-refractivity contribution >= 4 is 17.5 Å². The van der Waals surface area contributed by atoms with Crippen LogP contribution in [0, 0.1) is 11.3 Å². The molecule has 1 aliphatic rings. The van der Waals surface area contributed by atoms with Gasteiger partial charge in [0.15, 0.2) is 6.61 Å². The van der Waals surface area contributed by atoms with Crippen LogP contribution in [-0.4, -0.2) is 12.5 Å². The molecule has 4 nitrogen and oxygen atoms in total. The fourth-order valence-electron chi connectivity index (χ4n) is 3.22. The Hall–Kier alpha value is -2.51. The molecule has 5 heteroatoms. The second-order valence-corrected chi connectivity index (χ2v) is 6.98. The van der Waals surface area contributed by atoms with Gasteiger partial charge in [0.05, 0.1) is 22.7 Å². The lowest BCUT2D eigenvalue weighted by Crippen LogP contribution is -2.31. The van der Waals surface area contributed by atoms with Crippen molar-refractivity contribution in [2.45, 2.75) is 38.6 Å². The van der Waals surface area contributed by atoms with E-state index in [1.54, 1.807) is 12.1 Å². The molecular weight excluding hydrogens is 348 g/mol. The summed E-state index contributed by atoms with van der Waals surface area (Å²) in [7, 11) is 0. The van der Waals surface area contributed by atoms with Gasteiger partial charge in [0, 0.05) is 0 Å². The second kappa shape index (κ2) is 8.25. The molecule has 1 N–H and O–H groups in total. The molecule has 0 radical (unpaired) electrons. The third kappa shape index (κ3) is 4.36. The van der Waals surface area contributed by atoms with Gasteiger partial charge in [-0.05, 0) is 67.5 Å². The highest BCUT2D eigenvalue weighted by atomic mass is 35.5. The number of halogens is 1. The maximum atomic E-state index is 12.2. The Kier molecular flexibility index (Phi) is 5.80. The van der Waals surface area contributed by atoms with Gasteiger partial charge < -0.3 is 10.1 Å². The van der Waals surface area contributed by atoms with E-state index in [0.29, 0.717) is 16.3 Å². The number of nitrogens with zero attached hydrogens (tertiary/aromatic N) is 1. The molecule has 2 aromatic rings. The highest BCUT2D eigenvalue weighted by molar-refractivity contribution is 6.32. The molecule has 1 unspecified atom stereocenters. The molecule has 0 aromatic heterocycles. The van der Waals surface area contributed by atoms with Crippen molar-refractivity contribution in [1.82, 2.24) is 5.32 Å². The van der Waals surface area contributed by atoms with E-state index in [0.717, 1.165) is 18.4 Å². The van der Waals surface area contributed by atoms with Crippen molar-refractivity contribution in [1.29, 1.82) is 5.26 Å². The van der Waals surface area contributed by atoms with Crippen LogP contribution in [0.3, 0.4) is 0 Å². The molecule has 0 bridgehead atoms. The van der Waals surface area contributed by atoms with Crippen LogP contribution in [0.1, 0.15) is 48.1 Å². The zero-order chi connectivity index (χ0) is 18.5. The van der Waals surface area contributed by atoms with Crippen LogP contribution in [0.4, 0.5) is 0 Å². The van der Waals surface area contributed by atoms with Crippen LogP contribution in [0.2, 0.25) is 5.02 Å². The van der Waals surface area contributed by atoms with Crippen LogP contribution >= 0.6 is 11.6 Å². The summed E-state index contributed by atoms with van der Waals surface area (Å²) in [5.74, 6) is 0.179. The third-order valence-corrected chi connectivity index (χ3v) is 4.97. The van der Waals surface area contributed by atoms with E-state index in [1.807, 2.05) is 13.0 Å². The Morgan fingerprint density at radius 1 is 1.23 bits per heavy atom. The van der Waals surface area contributed by atoms with Gasteiger partial charge in [0.1, 0.15) is 5.75 Å². The first kappa shape index (κ1) is 18.3. The highest BCUT2D eigenvalue weighted by Gasteiger charge is 2.15. The number of hydrogen-bond acceptors (Lipinski definition) is 3. The van der Waals surface area contributed by atoms with E-state index in [4.69, 9.17) is 21.6 Å². The van der Waals surface area contributed by atoms with Crippen molar-refractivity contribution in [2.24, 2.45) is 0 Å². The fraction of sp³-hybridized carbons (Fsp3) is 0.333. The first-order chi connectivity index (χ1) is 12.6. The van der Waals surface area contributed by atoms with Crippen LogP contribution < -0.4 is 10.1 Å². The summed E-state index contributed by atoms with van der Waals surface area (Å²) >= 11 is 6.05. The number of hydrogen-bond donors (Lipinski definition) is 1. The first-order valence-corrected chi connectivity index (χ1v) is 9.18. The summed E-state index contributed by atoms with van der Waals surface area (Å²) in [6.07, 6.45) is 4.75. The van der Waals surface area contributed by atoms with Gasteiger partial charge in [-0.25, -0.2) is 0 Å². The maximum absolute atomic E-state index is 12.2. The largest absolute Gasteiger partial charge is 0.482 e. The quantitative estimate of drug-likeness (QED) is 0.853. The molecule has 0 saturated heterocycles. The summed E-state index contributed by atoms with van der Waals surface area (Å²) in [5.41, 5.74) is 4.39. The van der Waals surface area contributed by atoms with Crippen LogP contribution in [0.5, 0.6) is 5.75 Å². The Morgan fingerprint density at radius 3 is 2.73 bits per heavy atom. The minimum Gasteiger partial charge on any atom is -0.482 e. The number of amides is 1. The zero-order valence-electron chi connectivity index (χ0n) is 14.7. The summed E-state index contributed by atoms with van der Waals surface area (Å²) in [5, 5.41) is 12.1. The molecular formula is C21H21ClN2O2. The molecule has 134 valence electrons. The number of benzene rings is 2. The van der Waals surface area contributed by atoms with E-state index < -0.39 is 0 Å². The molecule has 0 heterocycles. The van der Waals surface area contributed by atoms with Crippen LogP contribution in [-0.2, 0) is 17.6 Å². The number of carbonyl (C=O) groups excluding carboxylic acids is 1. The average molecular weight is 369 g/mol. The van der Waals surface area contributed by atoms with Crippen molar-refractivity contribution < 1.29 is 9.53 Å². The lowest BCUT2D eigenvalue weighted by Gasteiger charge is -2.20. The lowest BCUT2D eigenvalue weighted by molar-refractivity contribution is -0.123. The van der Waals surface area contributed by atoms with E-state index in [-0.39, 0.29) is 18.6 Å². The number of aryl methyl sites for hydroxylation is 2. The molecule has 0 fully saturated rings. The molecule has 1 amide bonds. The van der Waals surface area contributed by atoms with Gasteiger partial charge in [0.2, 0.25) is 0 Å². The van der Waals surface area contributed by atoms with Gasteiger partial charge >= 0.3 is 0 Å². The van der Waals surface area contributed by atoms with Crippen molar-refractivity contribution in [3.05, 3.63) is 63.7 Å². The Bertz CT molecular complexity index is 858.